The van der Waals surface area contributed by atoms with Crippen LogP contribution < -0.4 is 5.32 Å². The molecule has 0 radical (unpaired) electrons. The summed E-state index contributed by atoms with van der Waals surface area (Å²) >= 11 is 5.12. The van der Waals surface area contributed by atoms with Gasteiger partial charge in [-0.15, -0.1) is 6.58 Å². The third kappa shape index (κ3) is 6.49. The molecule has 4 heteroatoms. The molecule has 0 bridgehead atoms. The Hall–Kier alpha value is 0.0400. The summed E-state index contributed by atoms with van der Waals surface area (Å²) in [5.74, 6) is 2.29. The van der Waals surface area contributed by atoms with Crippen LogP contribution in [0.1, 0.15) is 13.8 Å². The van der Waals surface area contributed by atoms with E-state index < -0.39 is 0 Å². The molecule has 0 spiro atoms. The molecular formula is C10H18BrNOS. The van der Waals surface area contributed by atoms with Crippen molar-refractivity contribution in [3.8, 4) is 0 Å². The molecule has 1 amide bonds. The van der Waals surface area contributed by atoms with Gasteiger partial charge in [0.25, 0.3) is 0 Å². The van der Waals surface area contributed by atoms with Crippen molar-refractivity contribution >= 4 is 33.6 Å². The second-order valence-electron chi connectivity index (χ2n) is 3.30. The molecule has 0 fully saturated rings. The zero-order valence-electron chi connectivity index (χ0n) is 8.75. The number of halogens is 1. The van der Waals surface area contributed by atoms with Crippen molar-refractivity contribution in [3.05, 3.63) is 12.7 Å². The Morgan fingerprint density at radius 2 is 2.29 bits per heavy atom. The first-order valence-corrected chi connectivity index (χ1v) is 6.77. The molecule has 1 N–H and O–H groups in total. The van der Waals surface area contributed by atoms with Crippen LogP contribution in [0.15, 0.2) is 12.7 Å². The van der Waals surface area contributed by atoms with Gasteiger partial charge in [-0.25, -0.2) is 0 Å². The number of alkyl halides is 1. The van der Waals surface area contributed by atoms with Gasteiger partial charge in [-0.05, 0) is 5.92 Å². The van der Waals surface area contributed by atoms with Gasteiger partial charge in [0, 0.05) is 18.1 Å². The van der Waals surface area contributed by atoms with Crippen molar-refractivity contribution in [1.29, 1.82) is 0 Å². The molecule has 2 nitrogen and oxygen atoms in total. The van der Waals surface area contributed by atoms with Crippen molar-refractivity contribution in [2.45, 2.75) is 18.7 Å². The summed E-state index contributed by atoms with van der Waals surface area (Å²) in [6, 6.07) is 0. The van der Waals surface area contributed by atoms with Crippen LogP contribution in [-0.2, 0) is 4.79 Å². The van der Waals surface area contributed by atoms with E-state index in [1.54, 1.807) is 11.8 Å². The van der Waals surface area contributed by atoms with Gasteiger partial charge in [0.05, 0.1) is 4.83 Å². The standard InChI is InChI=1S/C10H18BrNOS/c1-4-6-14-7-5-12-10(13)9(11)8(2)3/h4,8-9H,1,5-7H2,2-3H3,(H,12,13). The predicted octanol–water partition coefficient (Wildman–Crippen LogP) is 2.44. The summed E-state index contributed by atoms with van der Waals surface area (Å²) in [4.78, 5) is 11.4. The molecule has 0 aliphatic rings. The lowest BCUT2D eigenvalue weighted by Gasteiger charge is -2.13. The Bertz CT molecular complexity index is 185. The minimum atomic E-state index is -0.0769. The second-order valence-corrected chi connectivity index (χ2v) is 5.44. The Kier molecular flexibility index (Phi) is 8.38. The number of rotatable bonds is 7. The molecule has 0 aliphatic heterocycles. The van der Waals surface area contributed by atoms with E-state index in [-0.39, 0.29) is 10.7 Å². The first-order valence-electron chi connectivity index (χ1n) is 4.70. The topological polar surface area (TPSA) is 29.1 Å². The fourth-order valence-electron chi connectivity index (χ4n) is 0.813. The Labute approximate surface area is 99.0 Å². The molecule has 0 aliphatic carbocycles. The lowest BCUT2D eigenvalue weighted by atomic mass is 10.1. The first kappa shape index (κ1) is 14.0. The number of carbonyl (C=O) groups is 1. The van der Waals surface area contributed by atoms with Gasteiger partial charge in [-0.3, -0.25) is 4.79 Å². The van der Waals surface area contributed by atoms with E-state index in [1.807, 2.05) is 19.9 Å². The molecule has 1 unspecified atom stereocenters. The predicted molar refractivity (Wildman–Crippen MR) is 68.1 cm³/mol. The maximum absolute atomic E-state index is 11.4. The number of hydrogen-bond acceptors (Lipinski definition) is 2. The van der Waals surface area contributed by atoms with Crippen molar-refractivity contribution in [2.75, 3.05) is 18.1 Å². The van der Waals surface area contributed by atoms with E-state index in [0.29, 0.717) is 5.92 Å². The van der Waals surface area contributed by atoms with Gasteiger partial charge in [0.1, 0.15) is 0 Å². The van der Waals surface area contributed by atoms with Crippen molar-refractivity contribution in [2.24, 2.45) is 5.92 Å². The highest BCUT2D eigenvalue weighted by atomic mass is 79.9. The van der Waals surface area contributed by atoms with E-state index in [4.69, 9.17) is 0 Å². The third-order valence-corrected chi connectivity index (χ3v) is 4.05. The summed E-state index contributed by atoms with van der Waals surface area (Å²) in [6.07, 6.45) is 1.87. The molecule has 0 rings (SSSR count). The lowest BCUT2D eigenvalue weighted by Crippen LogP contribution is -2.35. The summed E-state index contributed by atoms with van der Waals surface area (Å²) < 4.78 is 0. The van der Waals surface area contributed by atoms with Gasteiger partial charge in [-0.2, -0.15) is 11.8 Å². The van der Waals surface area contributed by atoms with Crippen LogP contribution in [0.3, 0.4) is 0 Å². The normalized spacial score (nSPS) is 12.6. The van der Waals surface area contributed by atoms with Crippen LogP contribution in [0.25, 0.3) is 0 Å². The summed E-state index contributed by atoms with van der Waals surface area (Å²) in [7, 11) is 0. The zero-order valence-corrected chi connectivity index (χ0v) is 11.2. The van der Waals surface area contributed by atoms with Crippen LogP contribution in [0, 0.1) is 5.92 Å². The highest BCUT2D eigenvalue weighted by Gasteiger charge is 2.17. The largest absolute Gasteiger partial charge is 0.354 e. The van der Waals surface area contributed by atoms with Crippen LogP contribution in [0.2, 0.25) is 0 Å². The van der Waals surface area contributed by atoms with E-state index in [9.17, 15) is 4.79 Å². The van der Waals surface area contributed by atoms with Crippen LogP contribution in [-0.4, -0.2) is 28.8 Å². The van der Waals surface area contributed by atoms with Gasteiger partial charge < -0.3 is 5.32 Å². The minimum absolute atomic E-state index is 0.0769. The smallest absolute Gasteiger partial charge is 0.234 e. The quantitative estimate of drug-likeness (QED) is 0.441. The SMILES string of the molecule is C=CCSCCNC(=O)C(Br)C(C)C. The summed E-state index contributed by atoms with van der Waals surface area (Å²) in [5, 5.41) is 2.88. The second kappa shape index (κ2) is 8.36. The lowest BCUT2D eigenvalue weighted by molar-refractivity contribution is -0.120. The number of carbonyl (C=O) groups excluding carboxylic acids is 1. The average molecular weight is 280 g/mol. The van der Waals surface area contributed by atoms with E-state index >= 15 is 0 Å². The highest BCUT2D eigenvalue weighted by molar-refractivity contribution is 9.10. The first-order chi connectivity index (χ1) is 6.59. The average Bonchev–Trinajstić information content (AvgIpc) is 2.16. The monoisotopic (exact) mass is 279 g/mol. The number of amides is 1. The number of nitrogens with one attached hydrogen (secondary N) is 1. The fraction of sp³-hybridized carbons (Fsp3) is 0.700. The maximum atomic E-state index is 11.4. The minimum Gasteiger partial charge on any atom is -0.354 e. The molecule has 1 atom stereocenters. The molecular weight excluding hydrogens is 262 g/mol. The van der Waals surface area contributed by atoms with Crippen molar-refractivity contribution < 1.29 is 4.79 Å². The molecule has 0 aromatic heterocycles. The molecule has 14 heavy (non-hydrogen) atoms. The maximum Gasteiger partial charge on any atom is 0.234 e. The summed E-state index contributed by atoms with van der Waals surface area (Å²) in [6.45, 7) is 8.40. The van der Waals surface area contributed by atoms with Gasteiger partial charge >= 0.3 is 0 Å². The number of thioether (sulfide) groups is 1. The molecule has 0 aromatic carbocycles. The Balaban J connectivity index is 3.49. The Morgan fingerprint density at radius 3 is 2.79 bits per heavy atom. The van der Waals surface area contributed by atoms with Gasteiger partial charge in [-0.1, -0.05) is 35.9 Å². The summed E-state index contributed by atoms with van der Waals surface area (Å²) in [5.41, 5.74) is 0. The molecule has 0 aromatic rings. The molecule has 0 saturated carbocycles. The van der Waals surface area contributed by atoms with Crippen molar-refractivity contribution in [3.63, 3.8) is 0 Å². The van der Waals surface area contributed by atoms with E-state index in [2.05, 4.69) is 27.8 Å². The molecule has 0 saturated heterocycles. The Morgan fingerprint density at radius 1 is 1.64 bits per heavy atom. The van der Waals surface area contributed by atoms with Crippen LogP contribution in [0.5, 0.6) is 0 Å². The van der Waals surface area contributed by atoms with Crippen LogP contribution >= 0.6 is 27.7 Å². The van der Waals surface area contributed by atoms with Crippen molar-refractivity contribution in [1.82, 2.24) is 5.32 Å². The van der Waals surface area contributed by atoms with E-state index in [1.165, 1.54) is 0 Å². The van der Waals surface area contributed by atoms with Gasteiger partial charge in [0.2, 0.25) is 5.91 Å². The van der Waals surface area contributed by atoms with Crippen LogP contribution in [0.4, 0.5) is 0 Å². The number of hydrogen-bond donors (Lipinski definition) is 1. The fourth-order valence-corrected chi connectivity index (χ4v) is 1.55. The third-order valence-electron chi connectivity index (χ3n) is 1.62. The van der Waals surface area contributed by atoms with E-state index in [0.717, 1.165) is 18.1 Å². The highest BCUT2D eigenvalue weighted by Crippen LogP contribution is 2.11. The molecule has 0 heterocycles. The zero-order chi connectivity index (χ0) is 11.0. The van der Waals surface area contributed by atoms with Gasteiger partial charge in [0.15, 0.2) is 0 Å². The molecule has 82 valence electrons.